The molecule has 0 heterocycles. The zero-order valence-corrected chi connectivity index (χ0v) is 14.9. The minimum absolute atomic E-state index is 1.15. The van der Waals surface area contributed by atoms with Gasteiger partial charge < -0.3 is 0 Å². The second-order valence-corrected chi connectivity index (χ2v) is 32.1. The topological polar surface area (TPSA) is 0 Å². The Morgan fingerprint density at radius 1 is 0.647 bits per heavy atom. The molecule has 0 aliphatic rings. The molecule has 0 amide bonds. The maximum absolute atomic E-state index is 3.96. The third-order valence-electron chi connectivity index (χ3n) is 2.44. The molecule has 0 bridgehead atoms. The van der Waals surface area contributed by atoms with Gasteiger partial charge in [-0.3, -0.25) is 0 Å². The van der Waals surface area contributed by atoms with Crippen LogP contribution in [-0.4, -0.2) is 13.8 Å². The average Bonchev–Trinajstić information content (AvgIpc) is 2.30. The molecule has 0 saturated heterocycles. The summed E-state index contributed by atoms with van der Waals surface area (Å²) in [6.45, 7) is 0. The van der Waals surface area contributed by atoms with Gasteiger partial charge in [-0.1, -0.05) is 0 Å². The number of benzene rings is 2. The molecule has 3 heteroatoms. The molecule has 0 nitrogen and oxygen atoms in total. The van der Waals surface area contributed by atoms with E-state index in [-0.39, 0.29) is 0 Å². The summed E-state index contributed by atoms with van der Waals surface area (Å²) in [6, 6.07) is 21.4. The molecular formula is C14H14Br2Te. The molecule has 0 radical (unpaired) electrons. The Kier molecular flexibility index (Phi) is 5.11. The monoisotopic (exact) mass is 470 g/mol. The molecule has 0 unspecified atom stereocenters. The molecule has 17 heavy (non-hydrogen) atoms. The summed E-state index contributed by atoms with van der Waals surface area (Å²) in [5.41, 5.74) is 2.83. The van der Waals surface area contributed by atoms with Crippen LogP contribution < -0.4 is 0 Å². The Balaban J connectivity index is 2.04. The number of halogens is 2. The summed E-state index contributed by atoms with van der Waals surface area (Å²) in [5, 5.41) is 0. The first-order valence-electron chi connectivity index (χ1n) is 5.41. The first-order chi connectivity index (χ1) is 8.16. The van der Waals surface area contributed by atoms with Crippen molar-refractivity contribution in [2.45, 2.75) is 8.94 Å². The first kappa shape index (κ1) is 13.6. The fourth-order valence-electron chi connectivity index (χ4n) is 1.69. The van der Waals surface area contributed by atoms with Crippen molar-refractivity contribution in [2.24, 2.45) is 0 Å². The summed E-state index contributed by atoms with van der Waals surface area (Å²) in [6.07, 6.45) is 0. The fourth-order valence-corrected chi connectivity index (χ4v) is 13.0. The van der Waals surface area contributed by atoms with Crippen molar-refractivity contribution >= 4 is 39.3 Å². The summed E-state index contributed by atoms with van der Waals surface area (Å²) >= 11 is 5.81. The van der Waals surface area contributed by atoms with Crippen LogP contribution >= 0.6 is 25.5 Å². The molecule has 2 aromatic rings. The van der Waals surface area contributed by atoms with Crippen LogP contribution in [0.25, 0.3) is 0 Å². The van der Waals surface area contributed by atoms with Crippen LogP contribution in [0.5, 0.6) is 0 Å². The van der Waals surface area contributed by atoms with Gasteiger partial charge in [-0.2, -0.15) is 0 Å². The van der Waals surface area contributed by atoms with Crippen molar-refractivity contribution in [2.75, 3.05) is 0 Å². The molecule has 0 N–H and O–H groups in total. The van der Waals surface area contributed by atoms with Crippen molar-refractivity contribution < 1.29 is 0 Å². The van der Waals surface area contributed by atoms with E-state index < -0.39 is 13.8 Å². The van der Waals surface area contributed by atoms with Crippen molar-refractivity contribution in [3.05, 3.63) is 71.8 Å². The molecule has 0 aliphatic carbocycles. The molecule has 0 aliphatic heterocycles. The standard InChI is InChI=1S/C14H14Br2Te/c15-17(16,11-13-7-3-1-4-8-13)12-14-9-5-2-6-10-14/h1-10H,11-12H2. The zero-order chi connectivity index (χ0) is 12.1. The van der Waals surface area contributed by atoms with E-state index >= 15 is 0 Å². The third kappa shape index (κ3) is 4.75. The van der Waals surface area contributed by atoms with Crippen LogP contribution in [0.1, 0.15) is 11.1 Å². The van der Waals surface area contributed by atoms with E-state index in [1.807, 2.05) is 0 Å². The van der Waals surface area contributed by atoms with Gasteiger partial charge in [-0.15, -0.1) is 0 Å². The Bertz CT molecular complexity index is 411. The second-order valence-electron chi connectivity index (χ2n) is 3.96. The second kappa shape index (κ2) is 6.38. The minimum atomic E-state index is -2.11. The quantitative estimate of drug-likeness (QED) is 0.566. The van der Waals surface area contributed by atoms with Gasteiger partial charge in [0.1, 0.15) is 0 Å². The Morgan fingerprint density at radius 2 is 1.00 bits per heavy atom. The normalized spacial score (nSPS) is 12.4. The SMILES string of the molecule is Br[Te](Br)(Cc1ccccc1)Cc1ccccc1. The zero-order valence-electron chi connectivity index (χ0n) is 9.35. The van der Waals surface area contributed by atoms with Gasteiger partial charge in [0.25, 0.3) is 0 Å². The number of hydrogen-bond acceptors (Lipinski definition) is 0. The van der Waals surface area contributed by atoms with Crippen molar-refractivity contribution in [1.82, 2.24) is 0 Å². The Labute approximate surface area is 119 Å². The van der Waals surface area contributed by atoms with E-state index in [1.54, 1.807) is 0 Å². The van der Waals surface area contributed by atoms with Crippen LogP contribution in [0.3, 0.4) is 0 Å². The summed E-state index contributed by atoms with van der Waals surface area (Å²) in [4.78, 5) is 0. The molecule has 0 saturated carbocycles. The molecule has 2 rings (SSSR count). The van der Waals surface area contributed by atoms with E-state index in [0.29, 0.717) is 0 Å². The molecule has 2 aromatic carbocycles. The van der Waals surface area contributed by atoms with E-state index in [2.05, 4.69) is 86.2 Å². The molecule has 0 atom stereocenters. The summed E-state index contributed by atoms with van der Waals surface area (Å²) < 4.78 is 2.30. The van der Waals surface area contributed by atoms with Crippen LogP contribution in [0.2, 0.25) is 0 Å². The van der Waals surface area contributed by atoms with E-state index in [1.165, 1.54) is 11.1 Å². The summed E-state index contributed by atoms with van der Waals surface area (Å²) in [5.74, 6) is 0. The van der Waals surface area contributed by atoms with E-state index in [4.69, 9.17) is 0 Å². The van der Waals surface area contributed by atoms with Crippen LogP contribution in [0, 0.1) is 0 Å². The van der Waals surface area contributed by atoms with Crippen LogP contribution in [-0.2, 0) is 8.94 Å². The van der Waals surface area contributed by atoms with E-state index in [0.717, 1.165) is 8.94 Å². The molecule has 0 fully saturated rings. The van der Waals surface area contributed by atoms with Gasteiger partial charge in [-0.25, -0.2) is 0 Å². The van der Waals surface area contributed by atoms with Crippen LogP contribution in [0.4, 0.5) is 0 Å². The van der Waals surface area contributed by atoms with E-state index in [9.17, 15) is 0 Å². The van der Waals surface area contributed by atoms with Gasteiger partial charge in [0.2, 0.25) is 0 Å². The fraction of sp³-hybridized carbons (Fsp3) is 0.143. The number of rotatable bonds is 4. The van der Waals surface area contributed by atoms with Crippen molar-refractivity contribution in [3.8, 4) is 0 Å². The maximum atomic E-state index is 3.96. The Hall–Kier alpha value is 0.190. The van der Waals surface area contributed by atoms with Gasteiger partial charge >= 0.3 is 120 Å². The first-order valence-corrected chi connectivity index (χ1v) is 19.2. The molecule has 90 valence electrons. The van der Waals surface area contributed by atoms with Gasteiger partial charge in [0, 0.05) is 0 Å². The summed E-state index contributed by atoms with van der Waals surface area (Å²) in [7, 11) is 0. The Morgan fingerprint density at radius 3 is 1.35 bits per heavy atom. The van der Waals surface area contributed by atoms with Gasteiger partial charge in [0.15, 0.2) is 0 Å². The molecule has 0 aromatic heterocycles. The van der Waals surface area contributed by atoms with Gasteiger partial charge in [-0.05, 0) is 0 Å². The predicted molar refractivity (Wildman–Crippen MR) is 83.9 cm³/mol. The third-order valence-corrected chi connectivity index (χ3v) is 12.9. The van der Waals surface area contributed by atoms with Crippen molar-refractivity contribution in [1.29, 1.82) is 0 Å². The average molecular weight is 470 g/mol. The van der Waals surface area contributed by atoms with Crippen molar-refractivity contribution in [3.63, 3.8) is 0 Å². The van der Waals surface area contributed by atoms with Gasteiger partial charge in [0.05, 0.1) is 0 Å². The number of hydrogen-bond donors (Lipinski definition) is 0. The molecular weight excluding hydrogens is 456 g/mol. The van der Waals surface area contributed by atoms with Crippen LogP contribution in [0.15, 0.2) is 60.7 Å². The molecule has 0 spiro atoms. The predicted octanol–water partition coefficient (Wildman–Crippen LogP) is 4.78.